The van der Waals surface area contributed by atoms with Crippen LogP contribution in [0.15, 0.2) is 17.1 Å². The maximum absolute atomic E-state index is 6.14. The Labute approximate surface area is 107 Å². The number of halogens is 1. The Kier molecular flexibility index (Phi) is 3.04. The van der Waals surface area contributed by atoms with Gasteiger partial charge in [0, 0.05) is 17.0 Å². The number of nitrogens with two attached hydrogens (primary N) is 1. The zero-order valence-corrected chi connectivity index (χ0v) is 11.1. The van der Waals surface area contributed by atoms with E-state index in [9.17, 15) is 0 Å². The highest BCUT2D eigenvalue weighted by Crippen LogP contribution is 2.43. The van der Waals surface area contributed by atoms with Gasteiger partial charge in [-0.3, -0.25) is 4.99 Å². The Morgan fingerprint density at radius 2 is 2.24 bits per heavy atom. The monoisotopic (exact) mass is 252 g/mol. The van der Waals surface area contributed by atoms with E-state index < -0.39 is 0 Å². The summed E-state index contributed by atoms with van der Waals surface area (Å²) >= 11 is 6.14. The summed E-state index contributed by atoms with van der Waals surface area (Å²) in [6.07, 6.45) is 2.15. The molecule has 4 heteroatoms. The second kappa shape index (κ2) is 4.22. The van der Waals surface area contributed by atoms with Gasteiger partial charge < -0.3 is 10.5 Å². The first-order valence-corrected chi connectivity index (χ1v) is 6.03. The highest BCUT2D eigenvalue weighted by Gasteiger charge is 2.33. The predicted octanol–water partition coefficient (Wildman–Crippen LogP) is 3.24. The highest BCUT2D eigenvalue weighted by molar-refractivity contribution is 6.31. The van der Waals surface area contributed by atoms with Crippen LogP contribution in [0.4, 0.5) is 0 Å². The molecular weight excluding hydrogens is 236 g/mol. The third-order valence-corrected chi connectivity index (χ3v) is 3.39. The SMILES string of the molecule is Cc1cc2c(cc1Cl)C(N=CN)CC(C)(C)O2. The van der Waals surface area contributed by atoms with Crippen molar-refractivity contribution in [3.05, 3.63) is 28.3 Å². The summed E-state index contributed by atoms with van der Waals surface area (Å²) in [4.78, 5) is 4.31. The van der Waals surface area contributed by atoms with Gasteiger partial charge in [0.1, 0.15) is 11.4 Å². The summed E-state index contributed by atoms with van der Waals surface area (Å²) in [5.74, 6) is 0.860. The molecule has 1 atom stereocenters. The van der Waals surface area contributed by atoms with Gasteiger partial charge in [-0.25, -0.2) is 0 Å². The summed E-state index contributed by atoms with van der Waals surface area (Å²) in [5.41, 5.74) is 7.20. The zero-order chi connectivity index (χ0) is 12.6. The van der Waals surface area contributed by atoms with Gasteiger partial charge >= 0.3 is 0 Å². The van der Waals surface area contributed by atoms with Gasteiger partial charge in [-0.15, -0.1) is 0 Å². The number of aryl methyl sites for hydroxylation is 1. The Morgan fingerprint density at radius 1 is 1.53 bits per heavy atom. The van der Waals surface area contributed by atoms with Crippen molar-refractivity contribution in [3.63, 3.8) is 0 Å². The fourth-order valence-electron chi connectivity index (χ4n) is 2.17. The Hall–Kier alpha value is -1.22. The van der Waals surface area contributed by atoms with Crippen molar-refractivity contribution in [2.45, 2.75) is 38.8 Å². The highest BCUT2D eigenvalue weighted by atomic mass is 35.5. The predicted molar refractivity (Wildman–Crippen MR) is 70.9 cm³/mol. The van der Waals surface area contributed by atoms with Crippen molar-refractivity contribution in [2.75, 3.05) is 0 Å². The molecule has 1 heterocycles. The molecule has 0 fully saturated rings. The van der Waals surface area contributed by atoms with Crippen LogP contribution in [0, 0.1) is 6.92 Å². The molecule has 3 nitrogen and oxygen atoms in total. The van der Waals surface area contributed by atoms with E-state index >= 15 is 0 Å². The molecule has 2 rings (SSSR count). The van der Waals surface area contributed by atoms with Gasteiger partial charge in [0.15, 0.2) is 0 Å². The lowest BCUT2D eigenvalue weighted by atomic mass is 9.89. The first-order valence-electron chi connectivity index (χ1n) is 5.65. The van der Waals surface area contributed by atoms with Crippen LogP contribution >= 0.6 is 11.6 Å². The third kappa shape index (κ3) is 2.39. The normalized spacial score (nSPS) is 22.2. The number of rotatable bonds is 1. The third-order valence-electron chi connectivity index (χ3n) is 2.99. The van der Waals surface area contributed by atoms with Crippen LogP contribution in [0.25, 0.3) is 0 Å². The van der Waals surface area contributed by atoms with E-state index in [0.717, 1.165) is 28.3 Å². The van der Waals surface area contributed by atoms with Crippen molar-refractivity contribution >= 4 is 17.9 Å². The maximum Gasteiger partial charge on any atom is 0.125 e. The van der Waals surface area contributed by atoms with Gasteiger partial charge in [0.2, 0.25) is 0 Å². The number of fused-ring (bicyclic) bond motifs is 1. The van der Waals surface area contributed by atoms with Crippen LogP contribution < -0.4 is 10.5 Å². The minimum atomic E-state index is -0.232. The van der Waals surface area contributed by atoms with E-state index in [-0.39, 0.29) is 11.6 Å². The number of hydrogen-bond acceptors (Lipinski definition) is 2. The molecule has 1 aromatic rings. The van der Waals surface area contributed by atoms with Crippen LogP contribution in [-0.4, -0.2) is 11.9 Å². The van der Waals surface area contributed by atoms with Crippen LogP contribution in [0.1, 0.15) is 37.4 Å². The number of benzene rings is 1. The lowest BCUT2D eigenvalue weighted by molar-refractivity contribution is 0.0732. The molecule has 1 aromatic carbocycles. The summed E-state index contributed by atoms with van der Waals surface area (Å²) in [5, 5.41) is 0.740. The number of hydrogen-bond donors (Lipinski definition) is 1. The summed E-state index contributed by atoms with van der Waals surface area (Å²) < 4.78 is 5.96. The average molecular weight is 253 g/mol. The molecule has 92 valence electrons. The molecule has 0 bridgehead atoms. The van der Waals surface area contributed by atoms with Crippen LogP contribution in [0.2, 0.25) is 5.02 Å². The fraction of sp³-hybridized carbons (Fsp3) is 0.462. The molecule has 17 heavy (non-hydrogen) atoms. The quantitative estimate of drug-likeness (QED) is 0.616. The van der Waals surface area contributed by atoms with Gasteiger partial charge in [0.25, 0.3) is 0 Å². The number of ether oxygens (including phenoxy) is 1. The standard InChI is InChI=1S/C13H17ClN2O/c1-8-4-12-9(5-10(8)14)11(16-7-15)6-13(2,3)17-12/h4-5,7,11H,6H2,1-3H3,(H2,15,16). The fourth-order valence-corrected chi connectivity index (χ4v) is 2.34. The molecule has 1 aliphatic heterocycles. The van der Waals surface area contributed by atoms with E-state index in [1.165, 1.54) is 6.34 Å². The average Bonchev–Trinajstić information content (AvgIpc) is 2.20. The molecule has 1 aliphatic rings. The smallest absolute Gasteiger partial charge is 0.125 e. The zero-order valence-electron chi connectivity index (χ0n) is 10.3. The summed E-state index contributed by atoms with van der Waals surface area (Å²) in [6.45, 7) is 6.08. The van der Waals surface area contributed by atoms with Crippen LogP contribution in [-0.2, 0) is 0 Å². The van der Waals surface area contributed by atoms with Gasteiger partial charge in [-0.05, 0) is 38.5 Å². The van der Waals surface area contributed by atoms with Crippen molar-refractivity contribution in [1.82, 2.24) is 0 Å². The van der Waals surface area contributed by atoms with Gasteiger partial charge in [0.05, 0.1) is 12.4 Å². The molecule has 0 saturated heterocycles. The molecule has 0 saturated carbocycles. The second-order valence-corrected chi connectivity index (χ2v) is 5.43. The lowest BCUT2D eigenvalue weighted by Gasteiger charge is -2.36. The lowest BCUT2D eigenvalue weighted by Crippen LogP contribution is -2.34. The molecular formula is C13H17ClN2O. The molecule has 0 aliphatic carbocycles. The summed E-state index contributed by atoms with van der Waals surface area (Å²) in [6, 6.07) is 3.92. The minimum Gasteiger partial charge on any atom is -0.487 e. The molecule has 2 N–H and O–H groups in total. The van der Waals surface area contributed by atoms with E-state index in [0.29, 0.717) is 0 Å². The van der Waals surface area contributed by atoms with Crippen molar-refractivity contribution < 1.29 is 4.74 Å². The van der Waals surface area contributed by atoms with E-state index in [1.807, 2.05) is 19.1 Å². The summed E-state index contributed by atoms with van der Waals surface area (Å²) in [7, 11) is 0. The first kappa shape index (κ1) is 12.2. The molecule has 0 radical (unpaired) electrons. The van der Waals surface area contributed by atoms with Crippen molar-refractivity contribution in [1.29, 1.82) is 0 Å². The van der Waals surface area contributed by atoms with Crippen LogP contribution in [0.5, 0.6) is 5.75 Å². The van der Waals surface area contributed by atoms with Gasteiger partial charge in [-0.2, -0.15) is 0 Å². The van der Waals surface area contributed by atoms with E-state index in [2.05, 4.69) is 18.8 Å². The number of nitrogens with zero attached hydrogens (tertiary/aromatic N) is 1. The van der Waals surface area contributed by atoms with Crippen molar-refractivity contribution in [2.24, 2.45) is 10.7 Å². The van der Waals surface area contributed by atoms with Crippen molar-refractivity contribution in [3.8, 4) is 5.75 Å². The topological polar surface area (TPSA) is 47.6 Å². The minimum absolute atomic E-state index is 0.0249. The van der Waals surface area contributed by atoms with E-state index in [4.69, 9.17) is 22.1 Å². The Morgan fingerprint density at radius 3 is 2.88 bits per heavy atom. The van der Waals surface area contributed by atoms with Crippen LogP contribution in [0.3, 0.4) is 0 Å². The Balaban J connectivity index is 2.52. The molecule has 0 spiro atoms. The number of aliphatic imine (C=N–C) groups is 1. The van der Waals surface area contributed by atoms with E-state index in [1.54, 1.807) is 0 Å². The molecule has 0 aromatic heterocycles. The molecule has 1 unspecified atom stereocenters. The maximum atomic E-state index is 6.14. The molecule has 0 amide bonds. The largest absolute Gasteiger partial charge is 0.487 e. The first-order chi connectivity index (χ1) is 7.93. The second-order valence-electron chi connectivity index (χ2n) is 5.02. The Bertz CT molecular complexity index is 469. The van der Waals surface area contributed by atoms with Gasteiger partial charge in [-0.1, -0.05) is 11.6 Å².